The summed E-state index contributed by atoms with van der Waals surface area (Å²) in [5.41, 5.74) is 2.41. The van der Waals surface area contributed by atoms with Crippen molar-refractivity contribution < 1.29 is 9.47 Å². The normalized spacial score (nSPS) is 26.5. The molecule has 19 heavy (non-hydrogen) atoms. The van der Waals surface area contributed by atoms with Gasteiger partial charge in [-0.05, 0) is 18.1 Å². The van der Waals surface area contributed by atoms with Crippen molar-refractivity contribution in [2.24, 2.45) is 0 Å². The van der Waals surface area contributed by atoms with Gasteiger partial charge in [-0.25, -0.2) is 0 Å². The fourth-order valence-corrected chi connectivity index (χ4v) is 2.51. The van der Waals surface area contributed by atoms with Crippen LogP contribution in [0.5, 0.6) is 0 Å². The Bertz CT molecular complexity index is 523. The topological polar surface area (TPSA) is 18.5 Å². The maximum absolute atomic E-state index is 6.12. The van der Waals surface area contributed by atoms with Crippen LogP contribution in [-0.4, -0.2) is 12.4 Å². The number of hydrogen-bond acceptors (Lipinski definition) is 2. The molecule has 1 aliphatic heterocycles. The van der Waals surface area contributed by atoms with Crippen molar-refractivity contribution in [3.05, 3.63) is 71.8 Å². The molecular formula is C17H18O2. The molecule has 2 aromatic carbocycles. The van der Waals surface area contributed by atoms with Gasteiger partial charge in [-0.3, -0.25) is 0 Å². The Morgan fingerprint density at radius 2 is 1.63 bits per heavy atom. The third-order valence-corrected chi connectivity index (χ3v) is 3.47. The standard InChI is InChI=1S/C17H18O2/c1-17(12-14-8-4-2-5-9-14)18-13-16(19-17)15-10-6-3-7-11-15/h2-11,16H,12-13H2,1H3/t16-,17-/m1/s1. The van der Waals surface area contributed by atoms with Crippen LogP contribution in [0.1, 0.15) is 24.2 Å². The highest BCUT2D eigenvalue weighted by Gasteiger charge is 2.37. The SMILES string of the molecule is C[C@@]1(Cc2ccccc2)OC[C@H](c2ccccc2)O1. The molecule has 0 aromatic heterocycles. The molecule has 1 aliphatic rings. The van der Waals surface area contributed by atoms with Gasteiger partial charge in [-0.2, -0.15) is 0 Å². The van der Waals surface area contributed by atoms with Crippen LogP contribution in [0.4, 0.5) is 0 Å². The van der Waals surface area contributed by atoms with E-state index in [0.717, 1.165) is 6.42 Å². The lowest BCUT2D eigenvalue weighted by atomic mass is 10.1. The first-order valence-electron chi connectivity index (χ1n) is 6.66. The number of benzene rings is 2. The van der Waals surface area contributed by atoms with Gasteiger partial charge in [0.25, 0.3) is 0 Å². The number of rotatable bonds is 3. The van der Waals surface area contributed by atoms with E-state index in [9.17, 15) is 0 Å². The summed E-state index contributed by atoms with van der Waals surface area (Å²) in [7, 11) is 0. The first kappa shape index (κ1) is 12.4. The first-order valence-corrected chi connectivity index (χ1v) is 6.66. The second kappa shape index (κ2) is 5.16. The van der Waals surface area contributed by atoms with Gasteiger partial charge in [-0.1, -0.05) is 60.7 Å². The van der Waals surface area contributed by atoms with Gasteiger partial charge in [0, 0.05) is 6.42 Å². The van der Waals surface area contributed by atoms with Gasteiger partial charge in [-0.15, -0.1) is 0 Å². The van der Waals surface area contributed by atoms with Gasteiger partial charge in [0.1, 0.15) is 6.10 Å². The van der Waals surface area contributed by atoms with E-state index >= 15 is 0 Å². The van der Waals surface area contributed by atoms with Gasteiger partial charge < -0.3 is 9.47 Å². The Kier molecular flexibility index (Phi) is 3.36. The Balaban J connectivity index is 1.71. The van der Waals surface area contributed by atoms with Crippen molar-refractivity contribution >= 4 is 0 Å². The lowest BCUT2D eigenvalue weighted by Crippen LogP contribution is -2.28. The van der Waals surface area contributed by atoms with Crippen LogP contribution >= 0.6 is 0 Å². The average Bonchev–Trinajstić information content (AvgIpc) is 2.83. The summed E-state index contributed by atoms with van der Waals surface area (Å²) in [5.74, 6) is -0.526. The summed E-state index contributed by atoms with van der Waals surface area (Å²) in [4.78, 5) is 0. The lowest BCUT2D eigenvalue weighted by Gasteiger charge is -2.23. The summed E-state index contributed by atoms with van der Waals surface area (Å²) < 4.78 is 12.0. The molecule has 0 N–H and O–H groups in total. The van der Waals surface area contributed by atoms with Gasteiger partial charge >= 0.3 is 0 Å². The molecular weight excluding hydrogens is 236 g/mol. The highest BCUT2D eigenvalue weighted by Crippen LogP contribution is 2.35. The smallest absolute Gasteiger partial charge is 0.170 e. The molecule has 1 saturated heterocycles. The Labute approximate surface area is 114 Å². The molecule has 0 bridgehead atoms. The zero-order valence-electron chi connectivity index (χ0n) is 11.1. The Morgan fingerprint density at radius 3 is 2.32 bits per heavy atom. The van der Waals surface area contributed by atoms with Crippen molar-refractivity contribution in [3.8, 4) is 0 Å². The summed E-state index contributed by atoms with van der Waals surface area (Å²) in [5, 5.41) is 0. The zero-order chi connectivity index (χ0) is 13.1. The predicted molar refractivity (Wildman–Crippen MR) is 74.8 cm³/mol. The van der Waals surface area contributed by atoms with Crippen LogP contribution in [-0.2, 0) is 15.9 Å². The maximum Gasteiger partial charge on any atom is 0.170 e. The minimum absolute atomic E-state index is 0.0370. The first-order chi connectivity index (χ1) is 9.25. The molecule has 0 saturated carbocycles. The second-order valence-corrected chi connectivity index (χ2v) is 5.12. The summed E-state index contributed by atoms with van der Waals surface area (Å²) in [6.45, 7) is 2.64. The van der Waals surface area contributed by atoms with Crippen molar-refractivity contribution in [2.45, 2.75) is 25.2 Å². The van der Waals surface area contributed by atoms with Crippen LogP contribution in [0.15, 0.2) is 60.7 Å². The average molecular weight is 254 g/mol. The molecule has 0 radical (unpaired) electrons. The van der Waals surface area contributed by atoms with Crippen molar-refractivity contribution in [2.75, 3.05) is 6.61 Å². The molecule has 3 rings (SSSR count). The summed E-state index contributed by atoms with van der Waals surface area (Å²) in [6.07, 6.45) is 0.812. The monoisotopic (exact) mass is 254 g/mol. The van der Waals surface area contributed by atoms with Crippen LogP contribution in [0, 0.1) is 0 Å². The molecule has 0 aliphatic carbocycles. The minimum Gasteiger partial charge on any atom is -0.347 e. The third kappa shape index (κ3) is 2.86. The van der Waals surface area contributed by atoms with Crippen molar-refractivity contribution in [1.82, 2.24) is 0 Å². The van der Waals surface area contributed by atoms with E-state index < -0.39 is 5.79 Å². The van der Waals surface area contributed by atoms with E-state index in [0.29, 0.717) is 6.61 Å². The molecule has 2 nitrogen and oxygen atoms in total. The molecule has 1 fully saturated rings. The molecule has 0 unspecified atom stereocenters. The van der Waals surface area contributed by atoms with E-state index in [1.54, 1.807) is 0 Å². The minimum atomic E-state index is -0.526. The Hall–Kier alpha value is -1.64. The summed E-state index contributed by atoms with van der Waals surface area (Å²) >= 11 is 0. The predicted octanol–water partition coefficient (Wildman–Crippen LogP) is 3.73. The van der Waals surface area contributed by atoms with Crippen LogP contribution in [0.3, 0.4) is 0 Å². The third-order valence-electron chi connectivity index (χ3n) is 3.47. The van der Waals surface area contributed by atoms with E-state index in [1.807, 2.05) is 43.3 Å². The van der Waals surface area contributed by atoms with Crippen LogP contribution < -0.4 is 0 Å². The molecule has 2 heteroatoms. The van der Waals surface area contributed by atoms with Crippen LogP contribution in [0.2, 0.25) is 0 Å². The van der Waals surface area contributed by atoms with E-state index in [-0.39, 0.29) is 6.10 Å². The molecule has 0 amide bonds. The molecule has 98 valence electrons. The van der Waals surface area contributed by atoms with Crippen LogP contribution in [0.25, 0.3) is 0 Å². The van der Waals surface area contributed by atoms with Crippen molar-refractivity contribution in [3.63, 3.8) is 0 Å². The van der Waals surface area contributed by atoms with Gasteiger partial charge in [0.2, 0.25) is 0 Å². The van der Waals surface area contributed by atoms with Crippen molar-refractivity contribution in [1.29, 1.82) is 0 Å². The zero-order valence-corrected chi connectivity index (χ0v) is 11.1. The fraction of sp³-hybridized carbons (Fsp3) is 0.294. The Morgan fingerprint density at radius 1 is 1.00 bits per heavy atom. The summed E-state index contributed by atoms with van der Waals surface area (Å²) in [6, 6.07) is 20.6. The quantitative estimate of drug-likeness (QED) is 0.830. The van der Waals surface area contributed by atoms with Gasteiger partial charge in [0.05, 0.1) is 6.61 Å². The fourth-order valence-electron chi connectivity index (χ4n) is 2.51. The molecule has 2 atom stereocenters. The highest BCUT2D eigenvalue weighted by atomic mass is 16.7. The molecule has 1 heterocycles. The maximum atomic E-state index is 6.12. The van der Waals surface area contributed by atoms with E-state index in [2.05, 4.69) is 24.3 Å². The second-order valence-electron chi connectivity index (χ2n) is 5.12. The van der Waals surface area contributed by atoms with E-state index in [1.165, 1.54) is 11.1 Å². The number of ether oxygens (including phenoxy) is 2. The molecule has 2 aromatic rings. The largest absolute Gasteiger partial charge is 0.347 e. The van der Waals surface area contributed by atoms with Gasteiger partial charge in [0.15, 0.2) is 5.79 Å². The molecule has 0 spiro atoms. The van der Waals surface area contributed by atoms with E-state index in [4.69, 9.17) is 9.47 Å². The lowest BCUT2D eigenvalue weighted by molar-refractivity contribution is -0.153. The number of hydrogen-bond donors (Lipinski definition) is 0. The highest BCUT2D eigenvalue weighted by molar-refractivity contribution is 5.20.